The molecule has 0 bridgehead atoms. The largest absolute Gasteiger partial charge is 0.491 e. The number of ether oxygens (including phenoxy) is 3. The summed E-state index contributed by atoms with van der Waals surface area (Å²) in [5.74, 6) is -0.453. The first-order chi connectivity index (χ1) is 14.4. The summed E-state index contributed by atoms with van der Waals surface area (Å²) < 4.78 is 16.4. The van der Waals surface area contributed by atoms with Crippen LogP contribution in [0.1, 0.15) is 42.6 Å². The molecule has 0 atom stereocenters. The second kappa shape index (κ2) is 9.43. The summed E-state index contributed by atoms with van der Waals surface area (Å²) in [6.45, 7) is 3.56. The molecule has 1 N–H and O–H groups in total. The fraction of sp³-hybridized carbons (Fsp3) is 0.348. The first-order valence-electron chi connectivity index (χ1n) is 9.80. The van der Waals surface area contributed by atoms with E-state index in [0.717, 1.165) is 18.4 Å². The van der Waals surface area contributed by atoms with Gasteiger partial charge in [-0.2, -0.15) is 0 Å². The molecule has 1 aliphatic rings. The molecule has 30 heavy (non-hydrogen) atoms. The molecule has 0 aromatic heterocycles. The van der Waals surface area contributed by atoms with Gasteiger partial charge in [-0.3, -0.25) is 4.79 Å². The van der Waals surface area contributed by atoms with E-state index in [1.807, 2.05) is 30.3 Å². The first kappa shape index (κ1) is 21.4. The first-order valence-corrected chi connectivity index (χ1v) is 9.80. The Morgan fingerprint density at radius 2 is 1.87 bits per heavy atom. The van der Waals surface area contributed by atoms with Crippen LogP contribution in [0.2, 0.25) is 0 Å². The lowest BCUT2D eigenvalue weighted by Gasteiger charge is -2.23. The fourth-order valence-corrected chi connectivity index (χ4v) is 2.67. The van der Waals surface area contributed by atoms with Crippen molar-refractivity contribution in [2.24, 2.45) is 5.92 Å². The highest BCUT2D eigenvalue weighted by atomic mass is 16.6. The average Bonchev–Trinajstić information content (AvgIpc) is 3.56. The van der Waals surface area contributed by atoms with Gasteiger partial charge in [0.15, 0.2) is 0 Å². The number of amides is 1. The Labute approximate surface area is 175 Å². The number of hydrogen-bond donors (Lipinski definition) is 1. The van der Waals surface area contributed by atoms with Crippen molar-refractivity contribution in [3.63, 3.8) is 0 Å². The van der Waals surface area contributed by atoms with E-state index >= 15 is 0 Å². The number of anilines is 1. The third kappa shape index (κ3) is 5.83. The Morgan fingerprint density at radius 1 is 1.13 bits per heavy atom. The summed E-state index contributed by atoms with van der Waals surface area (Å²) in [6.07, 6.45) is 2.76. The van der Waals surface area contributed by atoms with Crippen LogP contribution in [0.4, 0.5) is 5.69 Å². The molecule has 0 saturated heterocycles. The van der Waals surface area contributed by atoms with E-state index in [1.165, 1.54) is 26.0 Å². The Bertz CT molecular complexity index is 905. The van der Waals surface area contributed by atoms with Crippen molar-refractivity contribution in [2.75, 3.05) is 11.9 Å². The van der Waals surface area contributed by atoms with Gasteiger partial charge >= 0.3 is 11.9 Å². The molecule has 1 aliphatic carbocycles. The van der Waals surface area contributed by atoms with Gasteiger partial charge < -0.3 is 19.5 Å². The highest BCUT2D eigenvalue weighted by Gasteiger charge is 2.34. The van der Waals surface area contributed by atoms with Crippen LogP contribution in [0, 0.1) is 5.92 Å². The lowest BCUT2D eigenvalue weighted by Crippen LogP contribution is -2.38. The predicted molar refractivity (Wildman–Crippen MR) is 110 cm³/mol. The number of hydrogen-bond acceptors (Lipinski definition) is 6. The van der Waals surface area contributed by atoms with Crippen LogP contribution in [-0.4, -0.2) is 30.6 Å². The van der Waals surface area contributed by atoms with Gasteiger partial charge in [-0.25, -0.2) is 9.59 Å². The van der Waals surface area contributed by atoms with Gasteiger partial charge in [-0.1, -0.05) is 30.3 Å². The molecular formula is C23H25NO6. The van der Waals surface area contributed by atoms with Gasteiger partial charge in [0.25, 0.3) is 0 Å². The number of benzene rings is 2. The summed E-state index contributed by atoms with van der Waals surface area (Å²) in [5, 5.41) is 2.55. The third-order valence-electron chi connectivity index (χ3n) is 4.66. The van der Waals surface area contributed by atoms with Crippen LogP contribution in [-0.2, 0) is 25.7 Å². The number of nitrogens with one attached hydrogen (secondary N) is 1. The zero-order valence-corrected chi connectivity index (χ0v) is 17.1. The molecule has 0 aliphatic heterocycles. The molecule has 7 nitrogen and oxygen atoms in total. The van der Waals surface area contributed by atoms with Gasteiger partial charge in [0.2, 0.25) is 12.0 Å². The zero-order chi connectivity index (χ0) is 21.6. The van der Waals surface area contributed by atoms with E-state index in [4.69, 9.17) is 14.2 Å². The van der Waals surface area contributed by atoms with Crippen LogP contribution in [0.3, 0.4) is 0 Å². The normalized spacial score (nSPS) is 13.3. The third-order valence-corrected chi connectivity index (χ3v) is 4.66. The van der Waals surface area contributed by atoms with Gasteiger partial charge in [0.1, 0.15) is 12.4 Å². The van der Waals surface area contributed by atoms with Crippen molar-refractivity contribution in [3.8, 4) is 5.75 Å². The van der Waals surface area contributed by atoms with Crippen LogP contribution < -0.4 is 10.1 Å². The van der Waals surface area contributed by atoms with Crippen LogP contribution in [0.15, 0.2) is 48.5 Å². The second-order valence-electron chi connectivity index (χ2n) is 7.69. The van der Waals surface area contributed by atoms with Crippen molar-refractivity contribution >= 4 is 24.0 Å². The quantitative estimate of drug-likeness (QED) is 0.473. The van der Waals surface area contributed by atoms with E-state index in [0.29, 0.717) is 30.4 Å². The number of rotatable bonds is 10. The minimum absolute atomic E-state index is 0.0892. The molecule has 0 heterocycles. The summed E-state index contributed by atoms with van der Waals surface area (Å²) >= 11 is 0. The molecule has 2 aromatic carbocycles. The maximum Gasteiger partial charge on any atom is 0.350 e. The van der Waals surface area contributed by atoms with Gasteiger partial charge in [-0.15, -0.1) is 0 Å². The summed E-state index contributed by atoms with van der Waals surface area (Å²) in [7, 11) is 0. The maximum atomic E-state index is 12.6. The minimum Gasteiger partial charge on any atom is -0.491 e. The Balaban J connectivity index is 1.64. The lowest BCUT2D eigenvalue weighted by molar-refractivity contribution is -0.163. The van der Waals surface area contributed by atoms with Gasteiger partial charge in [0.05, 0.1) is 17.9 Å². The van der Waals surface area contributed by atoms with E-state index in [-0.39, 0.29) is 12.2 Å². The van der Waals surface area contributed by atoms with Crippen molar-refractivity contribution in [1.29, 1.82) is 0 Å². The average molecular weight is 411 g/mol. The van der Waals surface area contributed by atoms with Crippen LogP contribution in [0.25, 0.3) is 0 Å². The number of esters is 2. The standard InChI is InChI=1S/C23H25NO6/c1-23(2,22(27)29-14-16-6-4-3-5-7-16)30-21(26)18-10-11-19(24-15-25)20(12-18)28-13-17-8-9-17/h3-7,10-12,15,17H,8-9,13-14H2,1-2H3,(H,24,25). The topological polar surface area (TPSA) is 90.9 Å². The molecule has 1 saturated carbocycles. The minimum atomic E-state index is -1.47. The molecule has 158 valence electrons. The molecule has 1 amide bonds. The Morgan fingerprint density at radius 3 is 2.53 bits per heavy atom. The summed E-state index contributed by atoms with van der Waals surface area (Å²) in [6, 6.07) is 13.8. The predicted octanol–water partition coefficient (Wildman–Crippen LogP) is 3.72. The molecule has 1 fully saturated rings. The summed E-state index contributed by atoms with van der Waals surface area (Å²) in [5.41, 5.74) is 0.0364. The van der Waals surface area contributed by atoms with Crippen molar-refractivity contribution in [2.45, 2.75) is 38.9 Å². The Hall–Kier alpha value is -3.35. The highest BCUT2D eigenvalue weighted by Crippen LogP contribution is 2.32. The Kier molecular flexibility index (Phi) is 6.72. The van der Waals surface area contributed by atoms with Crippen LogP contribution >= 0.6 is 0 Å². The smallest absolute Gasteiger partial charge is 0.350 e. The fourth-order valence-electron chi connectivity index (χ4n) is 2.67. The molecule has 2 aromatic rings. The van der Waals surface area contributed by atoms with E-state index in [1.54, 1.807) is 6.07 Å². The maximum absolute atomic E-state index is 12.6. The van der Waals surface area contributed by atoms with E-state index in [2.05, 4.69) is 5.32 Å². The van der Waals surface area contributed by atoms with Crippen molar-refractivity contribution in [1.82, 2.24) is 0 Å². The molecule has 0 radical (unpaired) electrons. The monoisotopic (exact) mass is 411 g/mol. The number of carbonyl (C=O) groups excluding carboxylic acids is 3. The molecule has 3 rings (SSSR count). The zero-order valence-electron chi connectivity index (χ0n) is 17.1. The van der Waals surface area contributed by atoms with Gasteiger partial charge in [-0.05, 0) is 56.4 Å². The van der Waals surface area contributed by atoms with Crippen molar-refractivity contribution in [3.05, 3.63) is 59.7 Å². The SMILES string of the molecule is CC(C)(OC(=O)c1ccc(NC=O)c(OCC2CC2)c1)C(=O)OCc1ccccc1. The summed E-state index contributed by atoms with van der Waals surface area (Å²) in [4.78, 5) is 35.9. The molecular weight excluding hydrogens is 386 g/mol. The highest BCUT2D eigenvalue weighted by molar-refractivity contribution is 5.94. The number of carbonyl (C=O) groups is 3. The molecule has 0 unspecified atom stereocenters. The lowest BCUT2D eigenvalue weighted by atomic mass is 10.1. The van der Waals surface area contributed by atoms with E-state index < -0.39 is 17.5 Å². The van der Waals surface area contributed by atoms with Crippen LogP contribution in [0.5, 0.6) is 5.75 Å². The van der Waals surface area contributed by atoms with Gasteiger partial charge in [0, 0.05) is 0 Å². The van der Waals surface area contributed by atoms with E-state index in [9.17, 15) is 14.4 Å². The second-order valence-corrected chi connectivity index (χ2v) is 7.69. The van der Waals surface area contributed by atoms with Crippen molar-refractivity contribution < 1.29 is 28.6 Å². The molecule has 0 spiro atoms. The molecule has 7 heteroatoms.